The van der Waals surface area contributed by atoms with Crippen molar-refractivity contribution in [3.05, 3.63) is 104 Å². The van der Waals surface area contributed by atoms with Gasteiger partial charge in [0.05, 0.1) is 15.9 Å². The van der Waals surface area contributed by atoms with Gasteiger partial charge in [0.1, 0.15) is 18.0 Å². The van der Waals surface area contributed by atoms with E-state index >= 15 is 4.39 Å². The highest BCUT2D eigenvalue weighted by molar-refractivity contribution is 5.96. The predicted molar refractivity (Wildman–Crippen MR) is 169 cm³/mol. The number of carbonyl (C=O) groups excluding carboxylic acids is 3. The van der Waals surface area contributed by atoms with Crippen molar-refractivity contribution >= 4 is 34.4 Å². The molecule has 0 radical (unpaired) electrons. The van der Waals surface area contributed by atoms with Crippen molar-refractivity contribution in [2.45, 2.75) is 31.9 Å². The fourth-order valence-corrected chi connectivity index (χ4v) is 5.98. The molecule has 14 nitrogen and oxygen atoms in total. The zero-order chi connectivity index (χ0) is 33.8. The predicted octanol–water partition coefficient (Wildman–Crippen LogP) is 4.24. The number of amides is 3. The molecule has 2 fully saturated rings. The normalized spacial score (nSPS) is 16.4. The van der Waals surface area contributed by atoms with Crippen LogP contribution in [-0.4, -0.2) is 86.5 Å². The van der Waals surface area contributed by atoms with Gasteiger partial charge in [-0.2, -0.15) is 0 Å². The van der Waals surface area contributed by atoms with E-state index in [0.717, 1.165) is 18.4 Å². The standard InChI is InChI=1S/C33H31FN6O8/c34-28-23(11-7-14-26(28)48-30-27-22(29(41)35-36-30)10-6-13-24(27)40(45)46)31(42)37-16-18-38(19-17-37)32(43)25-12-4-5-15-39(25)33(44)47-20-21-8-2-1-3-9-21/h1-3,6-11,13-14,25H,4-5,12,15-20H2,(H,35,41). The number of ether oxygens (including phenoxy) is 2. The van der Waals surface area contributed by atoms with Crippen molar-refractivity contribution in [3.63, 3.8) is 0 Å². The van der Waals surface area contributed by atoms with Gasteiger partial charge < -0.3 is 19.3 Å². The van der Waals surface area contributed by atoms with E-state index in [4.69, 9.17) is 9.47 Å². The molecule has 3 heterocycles. The number of benzene rings is 3. The van der Waals surface area contributed by atoms with Gasteiger partial charge in [0, 0.05) is 38.8 Å². The number of piperazine rings is 1. The smallest absolute Gasteiger partial charge is 0.410 e. The van der Waals surface area contributed by atoms with Crippen LogP contribution in [0.2, 0.25) is 0 Å². The van der Waals surface area contributed by atoms with Crippen LogP contribution in [0, 0.1) is 15.9 Å². The van der Waals surface area contributed by atoms with Crippen LogP contribution in [0.15, 0.2) is 71.5 Å². The summed E-state index contributed by atoms with van der Waals surface area (Å²) < 4.78 is 26.8. The SMILES string of the molecule is O=C(c1cccc(Oc2n[nH]c(=O)c3cccc([N+](=O)[O-])c23)c1F)N1CCN(C(=O)C2CCCCN2C(=O)OCc2ccccc2)CC1. The molecule has 1 unspecified atom stereocenters. The van der Waals surface area contributed by atoms with Crippen LogP contribution in [0.4, 0.5) is 14.9 Å². The molecule has 1 N–H and O–H groups in total. The summed E-state index contributed by atoms with van der Waals surface area (Å²) in [6.07, 6.45) is 1.49. The molecule has 1 atom stereocenters. The number of nitrogens with zero attached hydrogens (tertiary/aromatic N) is 5. The van der Waals surface area contributed by atoms with Crippen molar-refractivity contribution in [1.29, 1.82) is 0 Å². The van der Waals surface area contributed by atoms with Gasteiger partial charge in [0.2, 0.25) is 5.91 Å². The van der Waals surface area contributed by atoms with Crippen molar-refractivity contribution in [2.24, 2.45) is 0 Å². The number of H-pyrrole nitrogens is 1. The summed E-state index contributed by atoms with van der Waals surface area (Å²) in [5.41, 5.74) is -0.621. The third-order valence-electron chi connectivity index (χ3n) is 8.46. The van der Waals surface area contributed by atoms with E-state index in [-0.39, 0.29) is 55.0 Å². The maximum atomic E-state index is 15.7. The first kappa shape index (κ1) is 32.1. The Morgan fingerprint density at radius 2 is 1.67 bits per heavy atom. The number of rotatable bonds is 7. The van der Waals surface area contributed by atoms with E-state index in [1.165, 1.54) is 46.2 Å². The second kappa shape index (κ2) is 13.9. The van der Waals surface area contributed by atoms with Crippen LogP contribution in [0.1, 0.15) is 35.2 Å². The highest BCUT2D eigenvalue weighted by atomic mass is 19.1. The first-order valence-corrected chi connectivity index (χ1v) is 15.4. The molecule has 6 rings (SSSR count). The second-order valence-corrected chi connectivity index (χ2v) is 11.4. The second-order valence-electron chi connectivity index (χ2n) is 11.4. The molecule has 3 amide bonds. The Hall–Kier alpha value is -5.86. The fourth-order valence-electron chi connectivity index (χ4n) is 5.98. The van der Waals surface area contributed by atoms with Gasteiger partial charge in [0.25, 0.3) is 23.0 Å². The van der Waals surface area contributed by atoms with E-state index in [1.807, 2.05) is 30.3 Å². The lowest BCUT2D eigenvalue weighted by molar-refractivity contribution is -0.383. The Labute approximate surface area is 272 Å². The first-order valence-electron chi connectivity index (χ1n) is 15.4. The number of nitro benzene ring substituents is 1. The van der Waals surface area contributed by atoms with Crippen molar-refractivity contribution in [1.82, 2.24) is 24.9 Å². The minimum absolute atomic E-state index is 0.0744. The van der Waals surface area contributed by atoms with Gasteiger partial charge >= 0.3 is 6.09 Å². The van der Waals surface area contributed by atoms with E-state index in [0.29, 0.717) is 13.0 Å². The van der Waals surface area contributed by atoms with Crippen molar-refractivity contribution in [3.8, 4) is 11.6 Å². The van der Waals surface area contributed by atoms with Gasteiger partial charge in [-0.15, -0.1) is 5.10 Å². The highest BCUT2D eigenvalue weighted by Gasteiger charge is 2.37. The Morgan fingerprint density at radius 3 is 2.42 bits per heavy atom. The Bertz CT molecular complexity index is 1930. The summed E-state index contributed by atoms with van der Waals surface area (Å²) in [5.74, 6) is -2.72. The molecular formula is C33H31FN6O8. The van der Waals surface area contributed by atoms with Crippen molar-refractivity contribution < 1.29 is 33.2 Å². The molecule has 2 aliphatic heterocycles. The number of fused-ring (bicyclic) bond motifs is 1. The molecule has 15 heteroatoms. The lowest BCUT2D eigenvalue weighted by Gasteiger charge is -2.40. The molecule has 4 aromatic rings. The number of aromatic amines is 1. The largest absolute Gasteiger partial charge is 0.445 e. The number of nitro groups is 1. The summed E-state index contributed by atoms with van der Waals surface area (Å²) >= 11 is 0. The number of aromatic nitrogens is 2. The average molecular weight is 659 g/mol. The quantitative estimate of drug-likeness (QED) is 0.226. The number of carbonyl (C=O) groups is 3. The lowest BCUT2D eigenvalue weighted by atomic mass is 10.0. The third kappa shape index (κ3) is 6.52. The van der Waals surface area contributed by atoms with E-state index in [1.54, 1.807) is 4.90 Å². The minimum Gasteiger partial charge on any atom is -0.445 e. The number of nitrogens with one attached hydrogen (secondary N) is 1. The zero-order valence-electron chi connectivity index (χ0n) is 25.7. The molecule has 48 heavy (non-hydrogen) atoms. The van der Waals surface area contributed by atoms with E-state index in [9.17, 15) is 29.3 Å². The molecule has 248 valence electrons. The molecule has 2 aliphatic rings. The monoisotopic (exact) mass is 658 g/mol. The van der Waals surface area contributed by atoms with Gasteiger partial charge in [-0.05, 0) is 43.0 Å². The van der Waals surface area contributed by atoms with Crippen LogP contribution >= 0.6 is 0 Å². The van der Waals surface area contributed by atoms with Crippen LogP contribution in [0.3, 0.4) is 0 Å². The highest BCUT2D eigenvalue weighted by Crippen LogP contribution is 2.34. The first-order chi connectivity index (χ1) is 23.2. The van der Waals surface area contributed by atoms with Gasteiger partial charge in [-0.25, -0.2) is 14.3 Å². The topological polar surface area (TPSA) is 168 Å². The molecule has 3 aromatic carbocycles. The van der Waals surface area contributed by atoms with Crippen LogP contribution < -0.4 is 10.3 Å². The molecule has 0 bridgehead atoms. The van der Waals surface area contributed by atoms with Crippen LogP contribution in [0.25, 0.3) is 10.8 Å². The molecule has 0 saturated carbocycles. The minimum atomic E-state index is -1.02. The maximum Gasteiger partial charge on any atom is 0.410 e. The molecular weight excluding hydrogens is 627 g/mol. The number of piperidine rings is 1. The lowest BCUT2D eigenvalue weighted by Crippen LogP contribution is -2.57. The van der Waals surface area contributed by atoms with Crippen LogP contribution in [0.5, 0.6) is 11.6 Å². The fraction of sp³-hybridized carbons (Fsp3) is 0.303. The maximum absolute atomic E-state index is 15.7. The zero-order valence-corrected chi connectivity index (χ0v) is 25.7. The van der Waals surface area contributed by atoms with Gasteiger partial charge in [0.15, 0.2) is 11.6 Å². The van der Waals surface area contributed by atoms with Crippen LogP contribution in [-0.2, 0) is 16.1 Å². The number of hydrogen-bond acceptors (Lipinski definition) is 9. The number of halogens is 1. The molecule has 0 aliphatic carbocycles. The number of likely N-dealkylation sites (tertiary alicyclic amines) is 1. The van der Waals surface area contributed by atoms with E-state index in [2.05, 4.69) is 10.2 Å². The Kier molecular flexibility index (Phi) is 9.27. The molecule has 2 saturated heterocycles. The summed E-state index contributed by atoms with van der Waals surface area (Å²) in [6.45, 7) is 1.11. The van der Waals surface area contributed by atoms with Gasteiger partial charge in [-0.3, -0.25) is 29.4 Å². The molecule has 1 aromatic heterocycles. The number of hydrogen-bond donors (Lipinski definition) is 1. The number of non-ortho nitro benzene ring substituents is 1. The van der Waals surface area contributed by atoms with E-state index < -0.39 is 51.7 Å². The Morgan fingerprint density at radius 1 is 0.938 bits per heavy atom. The average Bonchev–Trinajstić information content (AvgIpc) is 3.12. The van der Waals surface area contributed by atoms with Crippen molar-refractivity contribution in [2.75, 3.05) is 32.7 Å². The summed E-state index contributed by atoms with van der Waals surface area (Å²) in [5, 5.41) is 17.3. The Balaban J connectivity index is 1.12. The van der Waals surface area contributed by atoms with Gasteiger partial charge in [-0.1, -0.05) is 42.5 Å². The summed E-state index contributed by atoms with van der Waals surface area (Å²) in [4.78, 5) is 67.6. The summed E-state index contributed by atoms with van der Waals surface area (Å²) in [7, 11) is 0. The summed E-state index contributed by atoms with van der Waals surface area (Å²) in [6, 6.07) is 16.3. The third-order valence-corrected chi connectivity index (χ3v) is 8.46. The molecule has 0 spiro atoms.